The van der Waals surface area contributed by atoms with Crippen molar-refractivity contribution in [3.8, 4) is 11.8 Å². The van der Waals surface area contributed by atoms with Gasteiger partial charge in [0.15, 0.2) is 0 Å². The predicted octanol–water partition coefficient (Wildman–Crippen LogP) is 6.91. The van der Waals surface area contributed by atoms with E-state index in [1.165, 1.54) is 23.1 Å². The fourth-order valence-corrected chi connectivity index (χ4v) is 5.91. The number of benzene rings is 4. The zero-order chi connectivity index (χ0) is 31.5. The summed E-state index contributed by atoms with van der Waals surface area (Å²) >= 11 is 0. The molecule has 0 aromatic heterocycles. The highest BCUT2D eigenvalue weighted by Gasteiger charge is 2.48. The van der Waals surface area contributed by atoms with Gasteiger partial charge in [-0.1, -0.05) is 72.8 Å². The van der Waals surface area contributed by atoms with Gasteiger partial charge in [-0.2, -0.15) is 18.4 Å². The van der Waals surface area contributed by atoms with Crippen molar-refractivity contribution < 1.29 is 27.5 Å². The zero-order valence-electron chi connectivity index (χ0n) is 24.3. The highest BCUT2D eigenvalue weighted by Crippen LogP contribution is 2.47. The molecule has 4 aromatic carbocycles. The normalized spacial score (nSPS) is 15.6. The third kappa shape index (κ3) is 5.78. The highest BCUT2D eigenvalue weighted by atomic mass is 19.4. The molecule has 1 fully saturated rings. The summed E-state index contributed by atoms with van der Waals surface area (Å²) in [6.07, 6.45) is -4.63. The number of nitriles is 1. The molecular formula is C34H31F3N4O3. The van der Waals surface area contributed by atoms with Crippen molar-refractivity contribution in [2.45, 2.75) is 19.0 Å². The van der Waals surface area contributed by atoms with Crippen LogP contribution < -0.4 is 10.1 Å². The molecule has 7 nitrogen and oxygen atoms in total. The predicted molar refractivity (Wildman–Crippen MR) is 161 cm³/mol. The van der Waals surface area contributed by atoms with Crippen LogP contribution in [0.25, 0.3) is 10.8 Å². The van der Waals surface area contributed by atoms with E-state index in [0.29, 0.717) is 11.3 Å². The molecule has 226 valence electrons. The van der Waals surface area contributed by atoms with Gasteiger partial charge in [0.1, 0.15) is 11.2 Å². The van der Waals surface area contributed by atoms with E-state index in [4.69, 9.17) is 4.74 Å². The van der Waals surface area contributed by atoms with Crippen molar-refractivity contribution in [1.29, 1.82) is 5.26 Å². The van der Waals surface area contributed by atoms with Gasteiger partial charge in [0.05, 0.1) is 24.4 Å². The molecular weight excluding hydrogens is 569 g/mol. The molecule has 0 bridgehead atoms. The number of methoxy groups -OCH3 is 1. The maximum atomic E-state index is 14.3. The molecule has 1 aliphatic heterocycles. The molecule has 2 unspecified atom stereocenters. The second kappa shape index (κ2) is 12.3. The van der Waals surface area contributed by atoms with Gasteiger partial charge in [-0.3, -0.25) is 4.79 Å². The Bertz CT molecular complexity index is 1720. The monoisotopic (exact) mass is 600 g/mol. The number of alkyl halides is 3. The first-order valence-electron chi connectivity index (χ1n) is 14.1. The minimum Gasteiger partial charge on any atom is -0.496 e. The number of para-hydroxylation sites is 2. The summed E-state index contributed by atoms with van der Waals surface area (Å²) < 4.78 is 46.0. The number of anilines is 1. The maximum Gasteiger partial charge on any atom is 0.418 e. The Morgan fingerprint density at radius 1 is 0.841 bits per heavy atom. The van der Waals surface area contributed by atoms with Gasteiger partial charge in [0, 0.05) is 37.7 Å². The van der Waals surface area contributed by atoms with Crippen molar-refractivity contribution in [3.63, 3.8) is 0 Å². The number of hydrogen-bond donors (Lipinski definition) is 1. The number of urea groups is 1. The Labute approximate surface area is 253 Å². The molecule has 0 radical (unpaired) electrons. The summed E-state index contributed by atoms with van der Waals surface area (Å²) in [6.45, 7) is 2.01. The summed E-state index contributed by atoms with van der Waals surface area (Å²) in [5.74, 6) is -0.575. The lowest BCUT2D eigenvalue weighted by Crippen LogP contribution is -2.55. The summed E-state index contributed by atoms with van der Waals surface area (Å²) in [7, 11) is 1.54. The van der Waals surface area contributed by atoms with Crippen LogP contribution in [-0.2, 0) is 11.0 Å². The second-order valence-electron chi connectivity index (χ2n) is 10.8. The zero-order valence-corrected chi connectivity index (χ0v) is 24.3. The summed E-state index contributed by atoms with van der Waals surface area (Å²) in [4.78, 5) is 30.2. The van der Waals surface area contributed by atoms with Gasteiger partial charge in [-0.25, -0.2) is 4.79 Å². The van der Waals surface area contributed by atoms with E-state index in [-0.39, 0.29) is 31.9 Å². The van der Waals surface area contributed by atoms with E-state index in [1.807, 2.05) is 60.7 Å². The number of nitrogens with zero attached hydrogens (tertiary/aromatic N) is 3. The molecule has 10 heteroatoms. The van der Waals surface area contributed by atoms with E-state index in [9.17, 15) is 28.0 Å². The fraction of sp³-hybridized carbons (Fsp3) is 0.265. The number of piperazine rings is 1. The molecule has 1 saturated heterocycles. The molecule has 1 N–H and O–H groups in total. The van der Waals surface area contributed by atoms with Crippen LogP contribution in [0.4, 0.5) is 23.7 Å². The standard InChI is InChI=1S/C34H31F3N4O3/c1-33(22-38,30(26-13-5-8-17-29(26)44-2)25-14-9-11-23-10-3-4-12-24(23)25)31(42)40-18-20-41(21-19-40)32(43)39-28-16-7-6-15-27(28)34(35,36)37/h3-17,30H,18-21H2,1-2H3,(H,39,43). The van der Waals surface area contributed by atoms with Crippen LogP contribution in [0.2, 0.25) is 0 Å². The summed E-state index contributed by atoms with van der Waals surface area (Å²) in [6, 6.07) is 27.3. The average Bonchev–Trinajstić information content (AvgIpc) is 3.04. The van der Waals surface area contributed by atoms with Crippen molar-refractivity contribution in [1.82, 2.24) is 9.80 Å². The van der Waals surface area contributed by atoms with Gasteiger partial charge in [-0.05, 0) is 41.5 Å². The Balaban J connectivity index is 1.43. The first-order valence-corrected chi connectivity index (χ1v) is 14.1. The van der Waals surface area contributed by atoms with Crippen molar-refractivity contribution in [2.24, 2.45) is 5.41 Å². The molecule has 1 heterocycles. The molecule has 4 aromatic rings. The fourth-order valence-electron chi connectivity index (χ4n) is 5.91. The van der Waals surface area contributed by atoms with Gasteiger partial charge in [0.25, 0.3) is 0 Å². The second-order valence-corrected chi connectivity index (χ2v) is 10.8. The van der Waals surface area contributed by atoms with Crippen molar-refractivity contribution in [3.05, 3.63) is 108 Å². The van der Waals surface area contributed by atoms with E-state index in [1.54, 1.807) is 25.0 Å². The van der Waals surface area contributed by atoms with E-state index in [2.05, 4.69) is 11.4 Å². The number of carbonyl (C=O) groups excluding carboxylic acids is 2. The van der Waals surface area contributed by atoms with Crippen LogP contribution in [-0.4, -0.2) is 55.0 Å². The number of nitrogens with one attached hydrogen (secondary N) is 1. The molecule has 0 aliphatic carbocycles. The molecule has 3 amide bonds. The largest absolute Gasteiger partial charge is 0.496 e. The van der Waals surface area contributed by atoms with E-state index in [0.717, 1.165) is 22.4 Å². The smallest absolute Gasteiger partial charge is 0.418 e. The lowest BCUT2D eigenvalue weighted by Gasteiger charge is -2.40. The average molecular weight is 601 g/mol. The Morgan fingerprint density at radius 2 is 1.43 bits per heavy atom. The van der Waals surface area contributed by atoms with Crippen LogP contribution in [0, 0.1) is 16.7 Å². The lowest BCUT2D eigenvalue weighted by molar-refractivity contribution is -0.140. The SMILES string of the molecule is COc1ccccc1C(c1cccc2ccccc12)C(C)(C#N)C(=O)N1CCN(C(=O)Nc2ccccc2C(F)(F)F)CC1. The van der Waals surface area contributed by atoms with Crippen LogP contribution in [0.15, 0.2) is 91.0 Å². The summed E-state index contributed by atoms with van der Waals surface area (Å²) in [5, 5.41) is 14.9. The van der Waals surface area contributed by atoms with Gasteiger partial charge >= 0.3 is 12.2 Å². The number of rotatable bonds is 6. The quantitative estimate of drug-likeness (QED) is 0.261. The van der Waals surface area contributed by atoms with Gasteiger partial charge in [-0.15, -0.1) is 0 Å². The number of halogens is 3. The number of carbonyl (C=O) groups is 2. The number of ether oxygens (including phenoxy) is 1. The lowest BCUT2D eigenvalue weighted by atomic mass is 9.68. The Morgan fingerprint density at radius 3 is 2.14 bits per heavy atom. The molecule has 2 atom stereocenters. The minimum absolute atomic E-state index is 0.0842. The molecule has 1 aliphatic rings. The highest BCUT2D eigenvalue weighted by molar-refractivity contribution is 5.93. The van der Waals surface area contributed by atoms with Crippen LogP contribution in [0.1, 0.15) is 29.5 Å². The van der Waals surface area contributed by atoms with E-state index >= 15 is 0 Å². The topological polar surface area (TPSA) is 85.7 Å². The van der Waals surface area contributed by atoms with Crippen LogP contribution in [0.5, 0.6) is 5.75 Å². The summed E-state index contributed by atoms with van der Waals surface area (Å²) in [5.41, 5.74) is -1.37. The van der Waals surface area contributed by atoms with Crippen molar-refractivity contribution >= 4 is 28.4 Å². The minimum atomic E-state index is -4.63. The molecule has 5 rings (SSSR count). The molecule has 44 heavy (non-hydrogen) atoms. The maximum absolute atomic E-state index is 14.3. The number of fused-ring (bicyclic) bond motifs is 1. The van der Waals surface area contributed by atoms with Crippen LogP contribution >= 0.6 is 0 Å². The number of hydrogen-bond acceptors (Lipinski definition) is 4. The van der Waals surface area contributed by atoms with Gasteiger partial charge < -0.3 is 19.9 Å². The van der Waals surface area contributed by atoms with Crippen LogP contribution in [0.3, 0.4) is 0 Å². The van der Waals surface area contributed by atoms with E-state index < -0.39 is 35.0 Å². The third-order valence-electron chi connectivity index (χ3n) is 8.17. The van der Waals surface area contributed by atoms with Gasteiger partial charge in [0.2, 0.25) is 5.91 Å². The molecule has 0 spiro atoms. The van der Waals surface area contributed by atoms with Crippen molar-refractivity contribution in [2.75, 3.05) is 38.6 Å². The molecule has 0 saturated carbocycles. The Kier molecular flexibility index (Phi) is 8.50. The number of amides is 3. The first kappa shape index (κ1) is 30.4. The first-order chi connectivity index (χ1) is 21.1. The third-order valence-corrected chi connectivity index (χ3v) is 8.17. The Hall–Kier alpha value is -5.04.